The summed E-state index contributed by atoms with van der Waals surface area (Å²) in [4.78, 5) is 33.0. The van der Waals surface area contributed by atoms with Crippen LogP contribution < -0.4 is 16.2 Å². The highest BCUT2D eigenvalue weighted by atomic mass is 35.5. The zero-order valence-electron chi connectivity index (χ0n) is 19.5. The number of nitrogens with one attached hydrogen (secondary N) is 2. The molecule has 5 rings (SSSR count). The van der Waals surface area contributed by atoms with E-state index in [1.807, 2.05) is 18.2 Å². The Morgan fingerprint density at radius 1 is 1.03 bits per heavy atom. The van der Waals surface area contributed by atoms with E-state index in [0.29, 0.717) is 57.2 Å². The summed E-state index contributed by atoms with van der Waals surface area (Å²) in [5, 5.41) is 6.69. The van der Waals surface area contributed by atoms with Gasteiger partial charge in [0.2, 0.25) is 5.95 Å². The molecule has 0 saturated heterocycles. The normalized spacial score (nSPS) is 12.7. The third kappa shape index (κ3) is 5.30. The van der Waals surface area contributed by atoms with Gasteiger partial charge in [-0.1, -0.05) is 59.6 Å². The van der Waals surface area contributed by atoms with E-state index in [9.17, 15) is 14.0 Å². The van der Waals surface area contributed by atoms with E-state index in [4.69, 9.17) is 28.2 Å². The standard InChI is InChI=1S/C27H22Cl2FN5O2/c28-18-10-11-24(21(29)14-18)33-27(37)34-13-12-23-20(16-34)25(36)35(19-7-2-1-3-8-19)26(32-23)31-15-17-6-4-5-9-22(17)30/h1-11,14H,12-13,15-16H2,(H,31,32)(H,33,37). The molecule has 0 fully saturated rings. The van der Waals surface area contributed by atoms with Crippen LogP contribution in [0.1, 0.15) is 16.8 Å². The average molecular weight is 538 g/mol. The van der Waals surface area contributed by atoms with E-state index in [1.165, 1.54) is 15.5 Å². The van der Waals surface area contributed by atoms with Gasteiger partial charge >= 0.3 is 6.03 Å². The number of amides is 2. The maximum atomic E-state index is 14.2. The van der Waals surface area contributed by atoms with Crippen LogP contribution in [-0.2, 0) is 19.5 Å². The van der Waals surface area contributed by atoms with Crippen LogP contribution in [0.5, 0.6) is 0 Å². The van der Waals surface area contributed by atoms with Crippen molar-refractivity contribution in [2.75, 3.05) is 17.2 Å². The fourth-order valence-corrected chi connectivity index (χ4v) is 4.64. The molecule has 2 N–H and O–H groups in total. The summed E-state index contributed by atoms with van der Waals surface area (Å²) in [5.74, 6) is -0.0342. The van der Waals surface area contributed by atoms with Crippen molar-refractivity contribution in [3.8, 4) is 5.69 Å². The zero-order chi connectivity index (χ0) is 25.9. The van der Waals surface area contributed by atoms with Gasteiger partial charge in [-0.2, -0.15) is 0 Å². The summed E-state index contributed by atoms with van der Waals surface area (Å²) in [6, 6.07) is 19.9. The molecule has 2 amide bonds. The van der Waals surface area contributed by atoms with Crippen LogP contribution >= 0.6 is 23.2 Å². The molecular formula is C27H22Cl2FN5O2. The highest BCUT2D eigenvalue weighted by molar-refractivity contribution is 6.36. The fraction of sp³-hybridized carbons (Fsp3) is 0.148. The van der Waals surface area contributed by atoms with Crippen molar-refractivity contribution in [2.24, 2.45) is 0 Å². The number of para-hydroxylation sites is 1. The molecule has 0 aliphatic carbocycles. The lowest BCUT2D eigenvalue weighted by Crippen LogP contribution is -2.43. The summed E-state index contributed by atoms with van der Waals surface area (Å²) in [6.45, 7) is 0.596. The number of benzene rings is 3. The molecular weight excluding hydrogens is 516 g/mol. The van der Waals surface area contributed by atoms with Gasteiger partial charge in [0, 0.05) is 30.1 Å². The molecule has 7 nitrogen and oxygen atoms in total. The lowest BCUT2D eigenvalue weighted by molar-refractivity contribution is 0.205. The quantitative estimate of drug-likeness (QED) is 0.333. The predicted molar refractivity (Wildman–Crippen MR) is 143 cm³/mol. The third-order valence-corrected chi connectivity index (χ3v) is 6.65. The van der Waals surface area contributed by atoms with Crippen LogP contribution in [0.4, 0.5) is 20.8 Å². The second-order valence-corrected chi connectivity index (χ2v) is 9.35. The van der Waals surface area contributed by atoms with Gasteiger partial charge < -0.3 is 15.5 Å². The number of anilines is 2. The first-order valence-corrected chi connectivity index (χ1v) is 12.3. The van der Waals surface area contributed by atoms with Crippen LogP contribution in [0.3, 0.4) is 0 Å². The number of hydrogen-bond acceptors (Lipinski definition) is 4. The predicted octanol–water partition coefficient (Wildman–Crippen LogP) is 5.88. The van der Waals surface area contributed by atoms with Crippen LogP contribution in [0.25, 0.3) is 5.69 Å². The third-order valence-electron chi connectivity index (χ3n) is 6.10. The van der Waals surface area contributed by atoms with E-state index in [-0.39, 0.29) is 30.5 Å². The molecule has 1 aliphatic heterocycles. The number of nitrogens with zero attached hydrogens (tertiary/aromatic N) is 3. The van der Waals surface area contributed by atoms with E-state index < -0.39 is 0 Å². The molecule has 1 aliphatic rings. The van der Waals surface area contributed by atoms with Crippen molar-refractivity contribution >= 4 is 40.9 Å². The van der Waals surface area contributed by atoms with E-state index in [0.717, 1.165) is 0 Å². The second-order valence-electron chi connectivity index (χ2n) is 8.51. The first kappa shape index (κ1) is 24.8. The number of carbonyl (C=O) groups excluding carboxylic acids is 1. The summed E-state index contributed by atoms with van der Waals surface area (Å²) in [7, 11) is 0. The zero-order valence-corrected chi connectivity index (χ0v) is 21.1. The highest BCUT2D eigenvalue weighted by Gasteiger charge is 2.27. The van der Waals surface area contributed by atoms with Gasteiger partial charge in [-0.15, -0.1) is 0 Å². The number of fused-ring (bicyclic) bond motifs is 1. The molecule has 0 spiro atoms. The Bertz CT molecular complexity index is 1530. The summed E-state index contributed by atoms with van der Waals surface area (Å²) >= 11 is 12.1. The van der Waals surface area contributed by atoms with Crippen molar-refractivity contribution in [2.45, 2.75) is 19.5 Å². The van der Waals surface area contributed by atoms with Crippen molar-refractivity contribution < 1.29 is 9.18 Å². The molecule has 2 heterocycles. The van der Waals surface area contributed by atoms with Crippen molar-refractivity contribution in [3.05, 3.63) is 116 Å². The fourth-order valence-electron chi connectivity index (χ4n) is 4.19. The molecule has 10 heteroatoms. The number of hydrogen-bond donors (Lipinski definition) is 2. The van der Waals surface area contributed by atoms with E-state index >= 15 is 0 Å². The van der Waals surface area contributed by atoms with Crippen LogP contribution in [0.2, 0.25) is 10.0 Å². The highest BCUT2D eigenvalue weighted by Crippen LogP contribution is 2.26. The van der Waals surface area contributed by atoms with E-state index in [1.54, 1.807) is 48.5 Å². The number of halogens is 3. The lowest BCUT2D eigenvalue weighted by atomic mass is 10.1. The number of carbonyl (C=O) groups is 1. The number of aromatic nitrogens is 2. The van der Waals surface area contributed by atoms with Crippen molar-refractivity contribution in [3.63, 3.8) is 0 Å². The molecule has 0 atom stereocenters. The summed E-state index contributed by atoms with van der Waals surface area (Å²) < 4.78 is 15.7. The topological polar surface area (TPSA) is 79.3 Å². The molecule has 0 unspecified atom stereocenters. The first-order chi connectivity index (χ1) is 17.9. The smallest absolute Gasteiger partial charge is 0.322 e. The molecule has 0 radical (unpaired) electrons. The Balaban J connectivity index is 1.45. The van der Waals surface area contributed by atoms with Gasteiger partial charge in [-0.05, 0) is 36.4 Å². The summed E-state index contributed by atoms with van der Waals surface area (Å²) in [6.07, 6.45) is 0.385. The molecule has 0 bridgehead atoms. The monoisotopic (exact) mass is 537 g/mol. The minimum absolute atomic E-state index is 0.0820. The largest absolute Gasteiger partial charge is 0.351 e. The maximum absolute atomic E-state index is 14.2. The lowest BCUT2D eigenvalue weighted by Gasteiger charge is -2.29. The van der Waals surface area contributed by atoms with Gasteiger partial charge in [0.05, 0.1) is 34.2 Å². The molecule has 4 aromatic rings. The van der Waals surface area contributed by atoms with Crippen molar-refractivity contribution in [1.82, 2.24) is 14.5 Å². The summed E-state index contributed by atoms with van der Waals surface area (Å²) in [5.41, 5.74) is 2.21. The Morgan fingerprint density at radius 3 is 2.54 bits per heavy atom. The molecule has 3 aromatic carbocycles. The van der Waals surface area contributed by atoms with Crippen LogP contribution in [0.15, 0.2) is 77.6 Å². The molecule has 1 aromatic heterocycles. The molecule has 37 heavy (non-hydrogen) atoms. The Kier molecular flexibility index (Phi) is 7.12. The van der Waals surface area contributed by atoms with Gasteiger partial charge in [-0.25, -0.2) is 18.7 Å². The molecule has 0 saturated carbocycles. The van der Waals surface area contributed by atoms with Crippen LogP contribution in [0, 0.1) is 5.82 Å². The first-order valence-electron chi connectivity index (χ1n) is 11.6. The Morgan fingerprint density at radius 2 is 1.78 bits per heavy atom. The Hall–Kier alpha value is -3.88. The Labute approximate surface area is 222 Å². The van der Waals surface area contributed by atoms with Gasteiger partial charge in [0.15, 0.2) is 0 Å². The maximum Gasteiger partial charge on any atom is 0.322 e. The second kappa shape index (κ2) is 10.6. The number of urea groups is 1. The van der Waals surface area contributed by atoms with E-state index in [2.05, 4.69) is 10.6 Å². The average Bonchev–Trinajstić information content (AvgIpc) is 2.90. The minimum Gasteiger partial charge on any atom is -0.351 e. The van der Waals surface area contributed by atoms with Crippen molar-refractivity contribution in [1.29, 1.82) is 0 Å². The van der Waals surface area contributed by atoms with Gasteiger partial charge in [0.25, 0.3) is 5.56 Å². The number of rotatable bonds is 5. The SMILES string of the molecule is O=C(Nc1ccc(Cl)cc1Cl)N1CCc2nc(NCc3ccccc3F)n(-c3ccccc3)c(=O)c2C1. The van der Waals surface area contributed by atoms with Crippen LogP contribution in [-0.4, -0.2) is 27.0 Å². The van der Waals surface area contributed by atoms with Gasteiger partial charge in [0.1, 0.15) is 5.82 Å². The molecule has 188 valence electrons. The van der Waals surface area contributed by atoms with Gasteiger partial charge in [-0.3, -0.25) is 4.79 Å². The minimum atomic E-state index is -0.387.